The highest BCUT2D eigenvalue weighted by Gasteiger charge is 2.23. The van der Waals surface area contributed by atoms with Gasteiger partial charge in [0.25, 0.3) is 5.91 Å². The third-order valence-electron chi connectivity index (χ3n) is 3.31. The van der Waals surface area contributed by atoms with E-state index in [0.717, 1.165) is 31.4 Å². The number of methoxy groups -OCH3 is 1. The summed E-state index contributed by atoms with van der Waals surface area (Å²) >= 11 is 0. The molecule has 0 radical (unpaired) electrons. The van der Waals surface area contributed by atoms with Crippen molar-refractivity contribution in [2.45, 2.75) is 38.8 Å². The number of hydrogen-bond acceptors (Lipinski definition) is 4. The zero-order valence-corrected chi connectivity index (χ0v) is 12.8. The van der Waals surface area contributed by atoms with Gasteiger partial charge in [-0.1, -0.05) is 19.1 Å². The average molecular weight is 292 g/mol. The first-order valence-corrected chi connectivity index (χ1v) is 7.53. The standard InChI is InChI=1S/C16H24N2O3/c1-3-9-17-10-12-5-4-6-14(20-2)16(12)21-11-15(19)18-13-7-8-13/h4-6,13,17H,3,7-11H2,1-2H3,(H,18,19). The number of nitrogens with one attached hydrogen (secondary N) is 2. The van der Waals surface area contributed by atoms with Crippen molar-refractivity contribution in [3.8, 4) is 11.5 Å². The summed E-state index contributed by atoms with van der Waals surface area (Å²) in [5.74, 6) is 1.23. The van der Waals surface area contributed by atoms with Gasteiger partial charge in [-0.2, -0.15) is 0 Å². The molecular weight excluding hydrogens is 268 g/mol. The van der Waals surface area contributed by atoms with E-state index in [9.17, 15) is 4.79 Å². The van der Waals surface area contributed by atoms with Gasteiger partial charge in [-0.3, -0.25) is 4.79 Å². The summed E-state index contributed by atoms with van der Waals surface area (Å²) in [5.41, 5.74) is 1.00. The van der Waals surface area contributed by atoms with Gasteiger partial charge in [0.1, 0.15) is 0 Å². The molecule has 116 valence electrons. The van der Waals surface area contributed by atoms with Crippen LogP contribution in [0.25, 0.3) is 0 Å². The largest absolute Gasteiger partial charge is 0.493 e. The van der Waals surface area contributed by atoms with Gasteiger partial charge in [-0.25, -0.2) is 0 Å². The van der Waals surface area contributed by atoms with Crippen LogP contribution in [0.1, 0.15) is 31.7 Å². The molecule has 1 saturated carbocycles. The lowest BCUT2D eigenvalue weighted by Gasteiger charge is -2.15. The van der Waals surface area contributed by atoms with Gasteiger partial charge >= 0.3 is 0 Å². The Labute approximate surface area is 126 Å². The second-order valence-electron chi connectivity index (χ2n) is 5.26. The number of rotatable bonds is 9. The summed E-state index contributed by atoms with van der Waals surface area (Å²) in [6.07, 6.45) is 3.23. The van der Waals surface area contributed by atoms with E-state index in [1.165, 1.54) is 0 Å². The van der Waals surface area contributed by atoms with Crippen LogP contribution in [0, 0.1) is 0 Å². The van der Waals surface area contributed by atoms with Crippen LogP contribution >= 0.6 is 0 Å². The van der Waals surface area contributed by atoms with Crippen LogP contribution in [0.5, 0.6) is 11.5 Å². The molecule has 0 unspecified atom stereocenters. The van der Waals surface area contributed by atoms with Crippen molar-refractivity contribution in [2.24, 2.45) is 0 Å². The number of carbonyl (C=O) groups excluding carboxylic acids is 1. The van der Waals surface area contributed by atoms with E-state index in [2.05, 4.69) is 17.6 Å². The molecule has 0 aromatic heterocycles. The van der Waals surface area contributed by atoms with E-state index >= 15 is 0 Å². The van der Waals surface area contributed by atoms with Crippen molar-refractivity contribution in [1.29, 1.82) is 0 Å². The predicted octanol–water partition coefficient (Wildman–Crippen LogP) is 1.85. The van der Waals surface area contributed by atoms with Crippen molar-refractivity contribution in [1.82, 2.24) is 10.6 Å². The summed E-state index contributed by atoms with van der Waals surface area (Å²) in [7, 11) is 1.61. The Balaban J connectivity index is 1.97. The predicted molar refractivity (Wildman–Crippen MR) is 81.7 cm³/mol. The second kappa shape index (κ2) is 7.88. The maximum atomic E-state index is 11.7. The lowest BCUT2D eigenvalue weighted by Crippen LogP contribution is -2.30. The van der Waals surface area contributed by atoms with Gasteiger partial charge < -0.3 is 20.1 Å². The molecule has 1 aromatic carbocycles. The smallest absolute Gasteiger partial charge is 0.258 e. The van der Waals surface area contributed by atoms with E-state index in [4.69, 9.17) is 9.47 Å². The Bertz CT molecular complexity index is 473. The van der Waals surface area contributed by atoms with Gasteiger partial charge in [0.15, 0.2) is 18.1 Å². The average Bonchev–Trinajstić information content (AvgIpc) is 3.29. The van der Waals surface area contributed by atoms with E-state index in [1.807, 2.05) is 18.2 Å². The molecular formula is C16H24N2O3. The van der Waals surface area contributed by atoms with Gasteiger partial charge in [-0.05, 0) is 31.9 Å². The molecule has 0 atom stereocenters. The van der Waals surface area contributed by atoms with Crippen LogP contribution in [-0.4, -0.2) is 32.2 Å². The molecule has 5 nitrogen and oxygen atoms in total. The number of ether oxygens (including phenoxy) is 2. The van der Waals surface area contributed by atoms with E-state index in [-0.39, 0.29) is 12.5 Å². The van der Waals surface area contributed by atoms with Crippen LogP contribution in [-0.2, 0) is 11.3 Å². The molecule has 1 aromatic rings. The van der Waals surface area contributed by atoms with Crippen molar-refractivity contribution in [3.05, 3.63) is 23.8 Å². The Morgan fingerprint density at radius 2 is 2.19 bits per heavy atom. The highest BCUT2D eigenvalue weighted by Crippen LogP contribution is 2.31. The van der Waals surface area contributed by atoms with Crippen LogP contribution < -0.4 is 20.1 Å². The van der Waals surface area contributed by atoms with E-state index < -0.39 is 0 Å². The fourth-order valence-electron chi connectivity index (χ4n) is 2.06. The molecule has 1 aliphatic carbocycles. The number of hydrogen-bond donors (Lipinski definition) is 2. The fourth-order valence-corrected chi connectivity index (χ4v) is 2.06. The minimum atomic E-state index is -0.0733. The summed E-state index contributed by atoms with van der Waals surface area (Å²) in [5, 5.41) is 6.25. The highest BCUT2D eigenvalue weighted by molar-refractivity contribution is 5.78. The van der Waals surface area contributed by atoms with Crippen LogP contribution in [0.4, 0.5) is 0 Å². The Morgan fingerprint density at radius 3 is 2.86 bits per heavy atom. The monoisotopic (exact) mass is 292 g/mol. The van der Waals surface area contributed by atoms with Crippen molar-refractivity contribution in [3.63, 3.8) is 0 Å². The lowest BCUT2D eigenvalue weighted by molar-refractivity contribution is -0.123. The molecule has 2 N–H and O–H groups in total. The molecule has 2 rings (SSSR count). The quantitative estimate of drug-likeness (QED) is 0.682. The van der Waals surface area contributed by atoms with E-state index in [0.29, 0.717) is 24.1 Å². The molecule has 21 heavy (non-hydrogen) atoms. The summed E-state index contributed by atoms with van der Waals surface area (Å²) in [6, 6.07) is 6.11. The molecule has 0 bridgehead atoms. The maximum Gasteiger partial charge on any atom is 0.258 e. The van der Waals surface area contributed by atoms with Crippen molar-refractivity contribution < 1.29 is 14.3 Å². The first-order valence-electron chi connectivity index (χ1n) is 7.53. The zero-order valence-electron chi connectivity index (χ0n) is 12.8. The molecule has 5 heteroatoms. The van der Waals surface area contributed by atoms with E-state index in [1.54, 1.807) is 7.11 Å². The highest BCUT2D eigenvalue weighted by atomic mass is 16.5. The number of carbonyl (C=O) groups is 1. The van der Waals surface area contributed by atoms with Gasteiger partial charge in [0.2, 0.25) is 0 Å². The summed E-state index contributed by atoms with van der Waals surface area (Å²) < 4.78 is 11.0. The minimum absolute atomic E-state index is 0.0254. The number of amides is 1. The third-order valence-corrected chi connectivity index (χ3v) is 3.31. The Hall–Kier alpha value is -1.75. The molecule has 0 spiro atoms. The zero-order chi connectivity index (χ0) is 15.1. The molecule has 1 fully saturated rings. The molecule has 0 saturated heterocycles. The fraction of sp³-hybridized carbons (Fsp3) is 0.562. The number of para-hydroxylation sites is 1. The topological polar surface area (TPSA) is 59.6 Å². The number of benzene rings is 1. The van der Waals surface area contributed by atoms with Crippen LogP contribution in [0.15, 0.2) is 18.2 Å². The Kier molecular flexibility index (Phi) is 5.87. The molecule has 0 aliphatic heterocycles. The Morgan fingerprint density at radius 1 is 1.38 bits per heavy atom. The molecule has 1 aliphatic rings. The first-order chi connectivity index (χ1) is 10.2. The molecule has 0 heterocycles. The second-order valence-corrected chi connectivity index (χ2v) is 5.26. The summed E-state index contributed by atoms with van der Waals surface area (Å²) in [4.78, 5) is 11.7. The van der Waals surface area contributed by atoms with Crippen molar-refractivity contribution >= 4 is 5.91 Å². The summed E-state index contributed by atoms with van der Waals surface area (Å²) in [6.45, 7) is 3.79. The normalized spacial score (nSPS) is 13.8. The molecule has 1 amide bonds. The van der Waals surface area contributed by atoms with Gasteiger partial charge in [-0.15, -0.1) is 0 Å². The van der Waals surface area contributed by atoms with Gasteiger partial charge in [0.05, 0.1) is 7.11 Å². The SMILES string of the molecule is CCCNCc1cccc(OC)c1OCC(=O)NC1CC1. The van der Waals surface area contributed by atoms with Crippen LogP contribution in [0.2, 0.25) is 0 Å². The van der Waals surface area contributed by atoms with Crippen LogP contribution in [0.3, 0.4) is 0 Å². The van der Waals surface area contributed by atoms with Gasteiger partial charge in [0, 0.05) is 18.2 Å². The maximum absolute atomic E-state index is 11.7. The first kappa shape index (κ1) is 15.6. The lowest BCUT2D eigenvalue weighted by atomic mass is 10.2. The third kappa shape index (κ3) is 4.93. The van der Waals surface area contributed by atoms with Crippen molar-refractivity contribution in [2.75, 3.05) is 20.3 Å². The minimum Gasteiger partial charge on any atom is -0.493 e.